The van der Waals surface area contributed by atoms with Crippen molar-refractivity contribution >= 4 is 34.4 Å². The van der Waals surface area contributed by atoms with E-state index < -0.39 is 18.0 Å². The number of carbonyl (C=O) groups excluding carboxylic acids is 1. The molecule has 2 aromatic carbocycles. The molecule has 0 saturated carbocycles. The number of aliphatic hydroxyl groups is 1. The van der Waals surface area contributed by atoms with Crippen LogP contribution in [0.4, 0.5) is 5.69 Å². The summed E-state index contributed by atoms with van der Waals surface area (Å²) in [5.41, 5.74) is 2.07. The number of nitrogens with one attached hydrogen (secondary N) is 3. The molecule has 0 spiro atoms. The molecule has 3 aromatic rings. The number of hydrogen-bond acceptors (Lipinski definition) is 6. The highest BCUT2D eigenvalue weighted by Gasteiger charge is 2.18. The van der Waals surface area contributed by atoms with Gasteiger partial charge < -0.3 is 35.7 Å². The van der Waals surface area contributed by atoms with Crippen LogP contribution in [-0.4, -0.2) is 62.9 Å². The van der Waals surface area contributed by atoms with Crippen LogP contribution in [0.1, 0.15) is 37.6 Å². The van der Waals surface area contributed by atoms with Crippen LogP contribution in [-0.2, 0) is 9.59 Å². The van der Waals surface area contributed by atoms with Gasteiger partial charge in [0.1, 0.15) is 18.5 Å². The zero-order valence-corrected chi connectivity index (χ0v) is 19.9. The number of β-amino-alcohol motifs (C(OH)–C–C–N with tert-alkyl or cyclic N) is 1. The fraction of sp³-hybridized carbons (Fsp3) is 0.320. The third kappa shape index (κ3) is 8.43. The standard InChI is InChI=1S/C23H29N3O3.C2H2O4/c1-4-23(2,3)25-14-16(27)15-29-21-11-6-5-8-18(21)22(28)26-20-10-7-9-19-17(20)12-13-24-19;3-1(4)2(5)6/h5-13,16,24-25,27H,4,14-15H2,1-3H3,(H,26,28);(H,3,4)(H,5,6). The minimum Gasteiger partial charge on any atom is -0.490 e. The summed E-state index contributed by atoms with van der Waals surface area (Å²) in [5.74, 6) is -3.46. The number of fused-ring (bicyclic) bond motifs is 1. The zero-order valence-electron chi connectivity index (χ0n) is 19.9. The molecule has 0 aliphatic rings. The van der Waals surface area contributed by atoms with Crippen molar-refractivity contribution in [3.63, 3.8) is 0 Å². The van der Waals surface area contributed by atoms with Crippen LogP contribution >= 0.6 is 0 Å². The number of para-hydroxylation sites is 1. The van der Waals surface area contributed by atoms with Crippen molar-refractivity contribution in [3.05, 3.63) is 60.3 Å². The summed E-state index contributed by atoms with van der Waals surface area (Å²) in [6, 6.07) is 14.7. The average Bonchev–Trinajstić information content (AvgIpc) is 3.32. The number of ether oxygens (including phenoxy) is 1. The van der Waals surface area contributed by atoms with Crippen LogP contribution < -0.4 is 15.4 Å². The summed E-state index contributed by atoms with van der Waals surface area (Å²) in [6.07, 6.45) is 2.12. The Morgan fingerprint density at radius 3 is 2.37 bits per heavy atom. The van der Waals surface area contributed by atoms with E-state index >= 15 is 0 Å². The number of aliphatic hydroxyl groups excluding tert-OH is 1. The lowest BCUT2D eigenvalue weighted by atomic mass is 10.0. The second-order valence-electron chi connectivity index (χ2n) is 8.39. The third-order valence-corrected chi connectivity index (χ3v) is 5.29. The smallest absolute Gasteiger partial charge is 0.414 e. The van der Waals surface area contributed by atoms with Crippen molar-refractivity contribution in [1.29, 1.82) is 0 Å². The second-order valence-corrected chi connectivity index (χ2v) is 8.39. The molecule has 188 valence electrons. The Bertz CT molecular complexity index is 1140. The van der Waals surface area contributed by atoms with E-state index in [2.05, 4.69) is 36.4 Å². The van der Waals surface area contributed by atoms with Gasteiger partial charge in [0.25, 0.3) is 5.91 Å². The van der Waals surface area contributed by atoms with Crippen LogP contribution in [0, 0.1) is 0 Å². The summed E-state index contributed by atoms with van der Waals surface area (Å²) < 4.78 is 5.77. The number of anilines is 1. The molecule has 1 heterocycles. The second kappa shape index (κ2) is 12.5. The molecule has 6 N–H and O–H groups in total. The maximum Gasteiger partial charge on any atom is 0.414 e. The predicted octanol–water partition coefficient (Wildman–Crippen LogP) is 3.09. The van der Waals surface area contributed by atoms with Crippen molar-refractivity contribution in [3.8, 4) is 5.75 Å². The van der Waals surface area contributed by atoms with E-state index in [1.165, 1.54) is 0 Å². The maximum atomic E-state index is 12.9. The lowest BCUT2D eigenvalue weighted by Gasteiger charge is -2.26. The molecule has 35 heavy (non-hydrogen) atoms. The highest BCUT2D eigenvalue weighted by atomic mass is 16.5. The lowest BCUT2D eigenvalue weighted by molar-refractivity contribution is -0.159. The molecule has 1 atom stereocenters. The van der Waals surface area contributed by atoms with E-state index in [0.717, 1.165) is 23.0 Å². The SMILES string of the molecule is CCC(C)(C)NCC(O)COc1ccccc1C(=O)Nc1cccc2[nH]ccc12.O=C(O)C(=O)O. The van der Waals surface area contributed by atoms with E-state index in [1.807, 2.05) is 36.5 Å². The number of carboxylic acid groups (broad SMARTS) is 2. The molecule has 0 saturated heterocycles. The van der Waals surface area contributed by atoms with Gasteiger partial charge in [0.2, 0.25) is 0 Å². The maximum absolute atomic E-state index is 12.9. The molecule has 0 radical (unpaired) electrons. The summed E-state index contributed by atoms with van der Waals surface area (Å²) in [5, 5.41) is 32.2. The van der Waals surface area contributed by atoms with Gasteiger partial charge in [-0.1, -0.05) is 25.1 Å². The van der Waals surface area contributed by atoms with Gasteiger partial charge in [-0.3, -0.25) is 4.79 Å². The molecule has 0 aliphatic heterocycles. The highest BCUT2D eigenvalue weighted by Crippen LogP contribution is 2.25. The van der Waals surface area contributed by atoms with Crippen molar-refractivity contribution in [2.45, 2.75) is 38.8 Å². The van der Waals surface area contributed by atoms with Crippen molar-refractivity contribution < 1.29 is 34.4 Å². The van der Waals surface area contributed by atoms with E-state index in [-0.39, 0.29) is 18.1 Å². The van der Waals surface area contributed by atoms with Gasteiger partial charge in [-0.25, -0.2) is 9.59 Å². The van der Waals surface area contributed by atoms with Gasteiger partial charge in [0, 0.05) is 29.2 Å². The molecular weight excluding hydrogens is 454 g/mol. The number of carboxylic acids is 2. The molecule has 0 bridgehead atoms. The summed E-state index contributed by atoms with van der Waals surface area (Å²) in [6.45, 7) is 6.80. The Morgan fingerprint density at radius 2 is 1.71 bits per heavy atom. The van der Waals surface area contributed by atoms with E-state index in [4.69, 9.17) is 24.5 Å². The first-order chi connectivity index (χ1) is 16.5. The molecule has 1 aromatic heterocycles. The van der Waals surface area contributed by atoms with Crippen LogP contribution in [0.2, 0.25) is 0 Å². The van der Waals surface area contributed by atoms with Gasteiger partial charge in [-0.05, 0) is 50.6 Å². The first kappa shape index (κ1) is 27.4. The van der Waals surface area contributed by atoms with Crippen LogP contribution in [0.25, 0.3) is 10.9 Å². The first-order valence-electron chi connectivity index (χ1n) is 11.0. The number of aliphatic carboxylic acids is 2. The van der Waals surface area contributed by atoms with E-state index in [0.29, 0.717) is 17.9 Å². The fourth-order valence-electron chi connectivity index (χ4n) is 2.93. The van der Waals surface area contributed by atoms with Crippen molar-refractivity contribution in [2.24, 2.45) is 0 Å². The Hall–Kier alpha value is -3.89. The normalized spacial score (nSPS) is 11.8. The number of benzene rings is 2. The Balaban J connectivity index is 0.000000641. The first-order valence-corrected chi connectivity index (χ1v) is 11.0. The van der Waals surface area contributed by atoms with Gasteiger partial charge in [0.05, 0.1) is 11.3 Å². The van der Waals surface area contributed by atoms with E-state index in [1.54, 1.807) is 18.2 Å². The largest absolute Gasteiger partial charge is 0.490 e. The summed E-state index contributed by atoms with van der Waals surface area (Å²) in [4.78, 5) is 34.2. The van der Waals surface area contributed by atoms with Crippen molar-refractivity contribution in [1.82, 2.24) is 10.3 Å². The zero-order chi connectivity index (χ0) is 26.0. The number of hydrogen-bond donors (Lipinski definition) is 6. The highest BCUT2D eigenvalue weighted by molar-refractivity contribution is 6.27. The lowest BCUT2D eigenvalue weighted by Crippen LogP contribution is -2.44. The van der Waals surface area contributed by atoms with Crippen LogP contribution in [0.3, 0.4) is 0 Å². The number of amides is 1. The summed E-state index contributed by atoms with van der Waals surface area (Å²) >= 11 is 0. The topological polar surface area (TPSA) is 161 Å². The minimum absolute atomic E-state index is 0.0436. The number of H-pyrrole nitrogens is 1. The van der Waals surface area contributed by atoms with Crippen molar-refractivity contribution in [2.75, 3.05) is 18.5 Å². The number of aromatic nitrogens is 1. The summed E-state index contributed by atoms with van der Waals surface area (Å²) in [7, 11) is 0. The fourth-order valence-corrected chi connectivity index (χ4v) is 2.93. The quantitative estimate of drug-likeness (QED) is 0.252. The number of aromatic amines is 1. The molecule has 1 amide bonds. The molecule has 10 heteroatoms. The number of carbonyl (C=O) groups is 3. The average molecular weight is 486 g/mol. The monoisotopic (exact) mass is 485 g/mol. The third-order valence-electron chi connectivity index (χ3n) is 5.29. The Morgan fingerprint density at radius 1 is 1.03 bits per heavy atom. The Kier molecular flexibility index (Phi) is 9.80. The molecule has 0 aliphatic carbocycles. The van der Waals surface area contributed by atoms with Gasteiger partial charge in [0.15, 0.2) is 0 Å². The van der Waals surface area contributed by atoms with E-state index in [9.17, 15) is 9.90 Å². The van der Waals surface area contributed by atoms with Gasteiger partial charge >= 0.3 is 11.9 Å². The molecule has 1 unspecified atom stereocenters. The predicted molar refractivity (Wildman–Crippen MR) is 132 cm³/mol. The molecule has 10 nitrogen and oxygen atoms in total. The van der Waals surface area contributed by atoms with Gasteiger partial charge in [-0.2, -0.15) is 0 Å². The molecule has 3 rings (SSSR count). The Labute approximate surface area is 202 Å². The minimum atomic E-state index is -1.82. The van der Waals surface area contributed by atoms with Gasteiger partial charge in [-0.15, -0.1) is 0 Å². The molecule has 0 fully saturated rings. The number of rotatable bonds is 9. The molecular formula is C25H31N3O7. The van der Waals surface area contributed by atoms with Crippen LogP contribution in [0.5, 0.6) is 5.75 Å². The van der Waals surface area contributed by atoms with Crippen LogP contribution in [0.15, 0.2) is 54.7 Å².